The van der Waals surface area contributed by atoms with Crippen LogP contribution in [0.3, 0.4) is 0 Å². The second-order valence-electron chi connectivity index (χ2n) is 8.25. The van der Waals surface area contributed by atoms with Crippen molar-refractivity contribution >= 4 is 21.9 Å². The van der Waals surface area contributed by atoms with Crippen LogP contribution < -0.4 is 19.1 Å². The van der Waals surface area contributed by atoms with Crippen LogP contribution in [0.4, 0.5) is 5.69 Å². The van der Waals surface area contributed by atoms with E-state index in [1.165, 1.54) is 0 Å². The number of benzene rings is 1. The summed E-state index contributed by atoms with van der Waals surface area (Å²) in [5.74, 6) is 2.08. The number of hydrogen-bond donors (Lipinski definition) is 0. The standard InChI is InChI=1S/C25H35N3O5S/c1-6-10-27(18-8-11-33-12-9-18)23-24(31-5)26-28-19(16-34-25(23)28)22-20(29-3)13-17(15-32-7-2)14-21(22)30-4/h13-14,16,18H,6-12,15H2,1-5H3. The lowest BCUT2D eigenvalue weighted by Gasteiger charge is -2.35. The lowest BCUT2D eigenvalue weighted by molar-refractivity contribution is 0.0843. The Morgan fingerprint density at radius 2 is 1.79 bits per heavy atom. The highest BCUT2D eigenvalue weighted by Crippen LogP contribution is 2.45. The molecule has 1 saturated heterocycles. The third-order valence-corrected chi connectivity index (χ3v) is 7.10. The molecule has 0 unspecified atom stereocenters. The molecule has 1 aliphatic rings. The normalized spacial score (nSPS) is 14.5. The molecule has 0 saturated carbocycles. The molecule has 1 aliphatic heterocycles. The number of rotatable bonds is 11. The fourth-order valence-corrected chi connectivity index (χ4v) is 5.59. The second-order valence-corrected chi connectivity index (χ2v) is 9.10. The van der Waals surface area contributed by atoms with Gasteiger partial charge in [-0.05, 0) is 43.9 Å². The molecule has 3 heterocycles. The van der Waals surface area contributed by atoms with E-state index in [0.29, 0.717) is 25.1 Å². The minimum absolute atomic E-state index is 0.406. The lowest BCUT2D eigenvalue weighted by atomic mass is 10.1. The first kappa shape index (κ1) is 24.6. The van der Waals surface area contributed by atoms with Crippen molar-refractivity contribution in [3.8, 4) is 28.6 Å². The third kappa shape index (κ3) is 4.69. The van der Waals surface area contributed by atoms with Crippen molar-refractivity contribution in [3.63, 3.8) is 0 Å². The summed E-state index contributed by atoms with van der Waals surface area (Å²) in [6.45, 7) is 7.85. The van der Waals surface area contributed by atoms with E-state index in [1.807, 2.05) is 23.6 Å². The number of aromatic nitrogens is 2. The van der Waals surface area contributed by atoms with Crippen molar-refractivity contribution in [1.82, 2.24) is 9.61 Å². The molecule has 3 aromatic rings. The van der Waals surface area contributed by atoms with Gasteiger partial charge in [0.1, 0.15) is 22.0 Å². The van der Waals surface area contributed by atoms with Crippen molar-refractivity contribution in [1.29, 1.82) is 0 Å². The number of ether oxygens (including phenoxy) is 5. The molecule has 0 amide bonds. The Labute approximate surface area is 205 Å². The fourth-order valence-electron chi connectivity index (χ4n) is 4.59. The zero-order chi connectivity index (χ0) is 24.1. The Bertz CT molecular complexity index is 1060. The minimum Gasteiger partial charge on any atom is -0.496 e. The molecule has 0 radical (unpaired) electrons. The first-order chi connectivity index (χ1) is 16.7. The van der Waals surface area contributed by atoms with Crippen molar-refractivity contribution in [3.05, 3.63) is 23.1 Å². The molecule has 0 bridgehead atoms. The smallest absolute Gasteiger partial charge is 0.258 e. The quantitative estimate of drug-likeness (QED) is 0.375. The molecular weight excluding hydrogens is 454 g/mol. The van der Waals surface area contributed by atoms with Gasteiger partial charge in [0, 0.05) is 37.8 Å². The summed E-state index contributed by atoms with van der Waals surface area (Å²) in [6, 6.07) is 4.41. The van der Waals surface area contributed by atoms with Crippen LogP contribution in [0.2, 0.25) is 0 Å². The van der Waals surface area contributed by atoms with E-state index in [4.69, 9.17) is 28.8 Å². The Hall–Kier alpha value is -2.49. The molecule has 9 heteroatoms. The summed E-state index contributed by atoms with van der Waals surface area (Å²) in [7, 11) is 5.04. The molecule has 0 atom stereocenters. The molecule has 4 rings (SSSR count). The van der Waals surface area contributed by atoms with E-state index >= 15 is 0 Å². The first-order valence-electron chi connectivity index (χ1n) is 11.9. The molecule has 1 aromatic carbocycles. The van der Waals surface area contributed by atoms with Crippen LogP contribution >= 0.6 is 11.3 Å². The summed E-state index contributed by atoms with van der Waals surface area (Å²) >= 11 is 1.66. The SMILES string of the molecule is CCCN(c1c(OC)nn2c(-c3c(OC)cc(COCC)cc3OC)csc12)C1CCOCC1. The van der Waals surface area contributed by atoms with Crippen LogP contribution in [0.5, 0.6) is 17.4 Å². The second kappa shape index (κ2) is 11.3. The number of anilines is 1. The molecule has 0 N–H and O–H groups in total. The highest BCUT2D eigenvalue weighted by atomic mass is 32.1. The van der Waals surface area contributed by atoms with E-state index < -0.39 is 0 Å². The van der Waals surface area contributed by atoms with Gasteiger partial charge in [-0.15, -0.1) is 16.4 Å². The van der Waals surface area contributed by atoms with Gasteiger partial charge in [-0.25, -0.2) is 4.52 Å². The molecule has 186 valence electrons. The minimum atomic E-state index is 0.406. The van der Waals surface area contributed by atoms with Crippen LogP contribution in [-0.4, -0.2) is 63.4 Å². The number of fused-ring (bicyclic) bond motifs is 1. The van der Waals surface area contributed by atoms with Crippen LogP contribution in [0.1, 0.15) is 38.7 Å². The largest absolute Gasteiger partial charge is 0.496 e. The number of thiazole rings is 1. The molecule has 0 spiro atoms. The monoisotopic (exact) mass is 489 g/mol. The maximum Gasteiger partial charge on any atom is 0.258 e. The summed E-state index contributed by atoms with van der Waals surface area (Å²) in [4.78, 5) is 3.51. The maximum atomic E-state index is 5.80. The van der Waals surface area contributed by atoms with Crippen LogP contribution in [0.15, 0.2) is 17.5 Å². The van der Waals surface area contributed by atoms with Gasteiger partial charge >= 0.3 is 0 Å². The molecule has 0 aliphatic carbocycles. The Morgan fingerprint density at radius 1 is 1.09 bits per heavy atom. The van der Waals surface area contributed by atoms with E-state index in [9.17, 15) is 0 Å². The molecule has 34 heavy (non-hydrogen) atoms. The predicted octanol–water partition coefficient (Wildman–Crippen LogP) is 5.02. The molecular formula is C25H35N3O5S. The Kier molecular flexibility index (Phi) is 8.18. The average Bonchev–Trinajstić information content (AvgIpc) is 3.45. The predicted molar refractivity (Wildman–Crippen MR) is 135 cm³/mol. The zero-order valence-electron chi connectivity index (χ0n) is 20.8. The fraction of sp³-hybridized carbons (Fsp3) is 0.560. The zero-order valence-corrected chi connectivity index (χ0v) is 21.6. The van der Waals surface area contributed by atoms with Crippen molar-refractivity contribution in [2.45, 2.75) is 45.8 Å². The highest BCUT2D eigenvalue weighted by Gasteiger charge is 2.30. The van der Waals surface area contributed by atoms with Gasteiger partial charge in [-0.1, -0.05) is 6.92 Å². The molecule has 2 aromatic heterocycles. The summed E-state index contributed by atoms with van der Waals surface area (Å²) in [5, 5.41) is 7.00. The van der Waals surface area contributed by atoms with E-state index in [2.05, 4.69) is 17.2 Å². The van der Waals surface area contributed by atoms with E-state index in [1.54, 1.807) is 32.7 Å². The van der Waals surface area contributed by atoms with Gasteiger partial charge in [-0.2, -0.15) is 0 Å². The first-order valence-corrected chi connectivity index (χ1v) is 12.8. The van der Waals surface area contributed by atoms with E-state index in [-0.39, 0.29) is 0 Å². The number of hydrogen-bond acceptors (Lipinski definition) is 8. The Morgan fingerprint density at radius 3 is 2.38 bits per heavy atom. The average molecular weight is 490 g/mol. The lowest BCUT2D eigenvalue weighted by Crippen LogP contribution is -2.40. The van der Waals surface area contributed by atoms with Crippen molar-refractivity contribution in [2.75, 3.05) is 52.6 Å². The Balaban J connectivity index is 1.84. The van der Waals surface area contributed by atoms with Gasteiger partial charge in [0.25, 0.3) is 5.88 Å². The van der Waals surface area contributed by atoms with Gasteiger partial charge in [0.05, 0.1) is 39.2 Å². The number of nitrogens with zero attached hydrogens (tertiary/aromatic N) is 3. The molecule has 1 fully saturated rings. The third-order valence-electron chi connectivity index (χ3n) is 6.17. The maximum absolute atomic E-state index is 5.80. The van der Waals surface area contributed by atoms with Crippen molar-refractivity contribution in [2.24, 2.45) is 0 Å². The van der Waals surface area contributed by atoms with Crippen LogP contribution in [0.25, 0.3) is 16.1 Å². The van der Waals surface area contributed by atoms with Gasteiger partial charge in [0.15, 0.2) is 0 Å². The summed E-state index contributed by atoms with van der Waals surface area (Å²) in [6.07, 6.45) is 3.04. The van der Waals surface area contributed by atoms with E-state index in [0.717, 1.165) is 77.9 Å². The van der Waals surface area contributed by atoms with Gasteiger partial charge in [-0.3, -0.25) is 0 Å². The topological polar surface area (TPSA) is 66.7 Å². The van der Waals surface area contributed by atoms with Gasteiger partial charge in [0.2, 0.25) is 0 Å². The highest BCUT2D eigenvalue weighted by molar-refractivity contribution is 7.16. The summed E-state index contributed by atoms with van der Waals surface area (Å²) in [5.41, 5.74) is 3.82. The van der Waals surface area contributed by atoms with Gasteiger partial charge < -0.3 is 28.6 Å². The number of methoxy groups -OCH3 is 3. The van der Waals surface area contributed by atoms with Crippen LogP contribution in [-0.2, 0) is 16.1 Å². The summed E-state index contributed by atoms with van der Waals surface area (Å²) < 4.78 is 30.6. The molecule has 8 nitrogen and oxygen atoms in total. The van der Waals surface area contributed by atoms with Crippen LogP contribution in [0, 0.1) is 0 Å². The van der Waals surface area contributed by atoms with Crippen molar-refractivity contribution < 1.29 is 23.7 Å².